The van der Waals surface area contributed by atoms with E-state index >= 15 is 0 Å². The van der Waals surface area contributed by atoms with E-state index in [0.29, 0.717) is 29.7 Å². The van der Waals surface area contributed by atoms with Crippen LogP contribution in [0.25, 0.3) is 10.9 Å². The van der Waals surface area contributed by atoms with Crippen LogP contribution >= 0.6 is 0 Å². The highest BCUT2D eigenvalue weighted by Crippen LogP contribution is 2.20. The number of carbonyl (C=O) groups is 9. The number of hydrogen-bond acceptors (Lipinski definition) is 11. The number of H-pyrrole nitrogens is 2. The molecule has 4 rings (SSSR count). The summed E-state index contributed by atoms with van der Waals surface area (Å²) in [5.41, 5.74) is 13.4. The van der Waals surface area contributed by atoms with Gasteiger partial charge in [0, 0.05) is 68.1 Å². The molecule has 8 amide bonds. The van der Waals surface area contributed by atoms with Crippen molar-refractivity contribution < 1.29 is 43.2 Å². The number of primary amides is 1. The lowest BCUT2D eigenvalue weighted by molar-refractivity contribution is -0.135. The predicted molar refractivity (Wildman–Crippen MR) is 262 cm³/mol. The lowest BCUT2D eigenvalue weighted by Gasteiger charge is -2.28. The second-order valence-corrected chi connectivity index (χ2v) is 17.1. The summed E-state index contributed by atoms with van der Waals surface area (Å²) in [6.07, 6.45) is 5.38. The molecule has 0 spiro atoms. The average molecular weight is 983 g/mol. The highest BCUT2D eigenvalue weighted by molar-refractivity contribution is 5.98. The molecule has 0 unspecified atom stereocenters. The number of imidazole rings is 1. The molecule has 2 aromatic heterocycles. The molecule has 4 aromatic rings. The van der Waals surface area contributed by atoms with Gasteiger partial charge in [0.15, 0.2) is 5.96 Å². The van der Waals surface area contributed by atoms with Gasteiger partial charge < -0.3 is 64.0 Å². The number of unbranched alkanes of at least 4 members (excludes halogenated alkanes) is 1. The number of benzene rings is 2. The van der Waals surface area contributed by atoms with Crippen LogP contribution in [0.1, 0.15) is 82.5 Å². The van der Waals surface area contributed by atoms with Crippen molar-refractivity contribution in [3.8, 4) is 0 Å². The number of Topliss-reactive ketones (excluding diaryl/α,β-unsaturated/α-hetero) is 1. The molecular formula is C48H66N14O9. The van der Waals surface area contributed by atoms with Gasteiger partial charge >= 0.3 is 0 Å². The topological polar surface area (TPSA) is 370 Å². The third-order valence-corrected chi connectivity index (χ3v) is 11.2. The Morgan fingerprint density at radius 1 is 0.620 bits per heavy atom. The highest BCUT2D eigenvalue weighted by Gasteiger charge is 2.34. The van der Waals surface area contributed by atoms with Gasteiger partial charge in [-0.25, -0.2) is 4.98 Å². The Bertz CT molecular complexity index is 2460. The highest BCUT2D eigenvalue weighted by atomic mass is 16.2. The average Bonchev–Trinajstić information content (AvgIpc) is 4.01. The quantitative estimate of drug-likeness (QED) is 0.0175. The Balaban J connectivity index is 1.65. The standard InChI is InChI=1S/C48H66N14O9/c1-4-5-15-35(57-29(3)64)43(67)59-37(18-19-41(49)65)45(69)62-40(23-32-26-52-27-56-32)47(71)60-38(21-30-12-7-6-8-13-30)46(70)58-36(17-11-20-53-48(50)51)44(68)61-39(42(66)55-24-28(2)63)22-31-25-54-34-16-10-9-14-33(31)34/h6-10,12-14,16,25-27,35-40,54H,4-5,11,15,17-24H2,1-3H3,(H2,49,65)(H,52,56)(H,55,66)(H,57,64)(H,58,70)(H,59,67)(H,60,71)(H,61,68)(H,62,69)(H4,50,51,53)/t35-,36-,37-,38+,39+,40-/m0/s1. The van der Waals surface area contributed by atoms with E-state index in [1.807, 2.05) is 31.2 Å². The molecule has 23 heteroatoms. The minimum Gasteiger partial charge on any atom is -0.370 e. The molecule has 0 aliphatic rings. The maximum Gasteiger partial charge on any atom is 0.243 e. The third-order valence-electron chi connectivity index (χ3n) is 11.2. The number of para-hydroxylation sites is 1. The fourth-order valence-corrected chi connectivity index (χ4v) is 7.59. The van der Waals surface area contributed by atoms with E-state index in [4.69, 9.17) is 16.9 Å². The van der Waals surface area contributed by atoms with E-state index in [1.165, 1.54) is 26.4 Å². The summed E-state index contributed by atoms with van der Waals surface area (Å²) in [6, 6.07) is 8.30. The summed E-state index contributed by atoms with van der Waals surface area (Å²) >= 11 is 0. The molecule has 0 aliphatic carbocycles. The number of carbonyl (C=O) groups excluding carboxylic acids is 9. The van der Waals surface area contributed by atoms with Gasteiger partial charge in [0.05, 0.1) is 12.9 Å². The van der Waals surface area contributed by atoms with Crippen molar-refractivity contribution in [2.45, 2.75) is 121 Å². The van der Waals surface area contributed by atoms with Gasteiger partial charge in [0.1, 0.15) is 42.0 Å². The number of nitrogens with two attached hydrogens (primary N) is 2. The van der Waals surface area contributed by atoms with Crippen LogP contribution in [0.5, 0.6) is 0 Å². The second kappa shape index (κ2) is 28.4. The van der Waals surface area contributed by atoms with E-state index < -0.39 is 83.5 Å². The number of nitrogens with one attached hydrogen (secondary N) is 11. The molecule has 0 saturated heterocycles. The summed E-state index contributed by atoms with van der Waals surface area (Å²) in [4.78, 5) is 130. The lowest BCUT2D eigenvalue weighted by Crippen LogP contribution is -2.60. The first-order valence-corrected chi connectivity index (χ1v) is 23.4. The third kappa shape index (κ3) is 19.1. The maximum atomic E-state index is 14.6. The molecule has 23 nitrogen and oxygen atoms in total. The number of nitrogens with zero attached hydrogens (tertiary/aromatic N) is 1. The molecule has 0 fully saturated rings. The van der Waals surface area contributed by atoms with Crippen LogP contribution in [-0.4, -0.2) is 123 Å². The number of amides is 8. The molecule has 15 N–H and O–H groups in total. The molecule has 0 radical (unpaired) electrons. The lowest BCUT2D eigenvalue weighted by atomic mass is 10.0. The first-order chi connectivity index (χ1) is 33.9. The Labute approximate surface area is 410 Å². The van der Waals surface area contributed by atoms with Crippen LogP contribution in [0, 0.1) is 5.41 Å². The van der Waals surface area contributed by atoms with Crippen LogP contribution < -0.4 is 54.0 Å². The Hall–Kier alpha value is -8.11. The first kappa shape index (κ1) is 55.5. The van der Waals surface area contributed by atoms with Gasteiger partial charge in [-0.1, -0.05) is 68.3 Å². The van der Waals surface area contributed by atoms with Crippen LogP contribution in [0.2, 0.25) is 0 Å². The van der Waals surface area contributed by atoms with Gasteiger partial charge in [-0.15, -0.1) is 0 Å². The normalized spacial score (nSPS) is 13.5. The largest absolute Gasteiger partial charge is 0.370 e. The van der Waals surface area contributed by atoms with Gasteiger partial charge in [0.25, 0.3) is 0 Å². The molecule has 0 aliphatic heterocycles. The second-order valence-electron chi connectivity index (χ2n) is 17.1. The number of hydrogen-bond donors (Lipinski definition) is 13. The molecule has 0 saturated carbocycles. The number of fused-ring (bicyclic) bond motifs is 1. The number of ketones is 1. The van der Waals surface area contributed by atoms with Gasteiger partial charge in [0.2, 0.25) is 47.3 Å². The van der Waals surface area contributed by atoms with Gasteiger partial charge in [-0.05, 0) is 49.8 Å². The molecule has 382 valence electrons. The number of aromatic nitrogens is 3. The van der Waals surface area contributed by atoms with E-state index in [2.05, 4.69) is 57.5 Å². The van der Waals surface area contributed by atoms with Crippen LogP contribution in [0.4, 0.5) is 0 Å². The van der Waals surface area contributed by atoms with E-state index in [-0.39, 0.29) is 76.2 Å². The number of rotatable bonds is 30. The summed E-state index contributed by atoms with van der Waals surface area (Å²) < 4.78 is 0. The number of aromatic amines is 2. The molecular weight excluding hydrogens is 917 g/mol. The molecule has 2 aromatic carbocycles. The minimum absolute atomic E-state index is 0.00396. The Morgan fingerprint density at radius 3 is 1.75 bits per heavy atom. The van der Waals surface area contributed by atoms with E-state index in [0.717, 1.165) is 10.9 Å². The zero-order valence-electron chi connectivity index (χ0n) is 40.2. The SMILES string of the molecule is CCCC[C@H](NC(C)=O)C(=O)N[C@@H](CCC(N)=O)C(=O)N[C@@H](Cc1cnc[nH]1)C(=O)N[C@H](Cc1ccccc1)C(=O)N[C@@H](CCCNC(=N)N)C(=O)N[C@H](Cc1c[nH]c2ccccc12)C(=O)NCC(C)=O. The monoisotopic (exact) mass is 983 g/mol. The van der Waals surface area contributed by atoms with Crippen molar-refractivity contribution in [1.82, 2.24) is 57.5 Å². The predicted octanol–water partition coefficient (Wildman–Crippen LogP) is -0.728. The maximum absolute atomic E-state index is 14.6. The number of guanidine groups is 1. The molecule has 71 heavy (non-hydrogen) atoms. The van der Waals surface area contributed by atoms with Crippen LogP contribution in [0.3, 0.4) is 0 Å². The molecule has 6 atom stereocenters. The zero-order valence-corrected chi connectivity index (χ0v) is 40.2. The van der Waals surface area contributed by atoms with E-state index in [9.17, 15) is 43.2 Å². The van der Waals surface area contributed by atoms with Crippen molar-refractivity contribution in [2.75, 3.05) is 13.1 Å². The van der Waals surface area contributed by atoms with Gasteiger partial charge in [-0.2, -0.15) is 0 Å². The van der Waals surface area contributed by atoms with Crippen molar-refractivity contribution in [3.05, 3.63) is 90.1 Å². The smallest absolute Gasteiger partial charge is 0.243 e. The summed E-state index contributed by atoms with van der Waals surface area (Å²) in [7, 11) is 0. The van der Waals surface area contributed by atoms with Crippen molar-refractivity contribution >= 4 is 69.9 Å². The molecule has 0 bridgehead atoms. The fourth-order valence-electron chi connectivity index (χ4n) is 7.59. The summed E-state index contributed by atoms with van der Waals surface area (Å²) in [6.45, 7) is 4.30. The molecule has 2 heterocycles. The first-order valence-electron chi connectivity index (χ1n) is 23.4. The Kier molecular flexibility index (Phi) is 22.2. The van der Waals surface area contributed by atoms with Crippen LogP contribution in [0.15, 0.2) is 73.3 Å². The van der Waals surface area contributed by atoms with Crippen LogP contribution in [-0.2, 0) is 62.4 Å². The summed E-state index contributed by atoms with van der Waals surface area (Å²) in [5.74, 6) is -6.51. The minimum atomic E-state index is -1.43. The summed E-state index contributed by atoms with van der Waals surface area (Å²) in [5, 5.41) is 29.7. The van der Waals surface area contributed by atoms with E-state index in [1.54, 1.807) is 36.5 Å². The zero-order chi connectivity index (χ0) is 51.9. The fraction of sp³-hybridized carbons (Fsp3) is 0.438. The van der Waals surface area contributed by atoms with Crippen molar-refractivity contribution in [3.63, 3.8) is 0 Å². The van der Waals surface area contributed by atoms with Gasteiger partial charge in [-0.3, -0.25) is 48.6 Å². The van der Waals surface area contributed by atoms with Crippen molar-refractivity contribution in [2.24, 2.45) is 11.5 Å². The van der Waals surface area contributed by atoms with Crippen molar-refractivity contribution in [1.29, 1.82) is 5.41 Å². The Morgan fingerprint density at radius 2 is 1.17 bits per heavy atom.